The summed E-state index contributed by atoms with van der Waals surface area (Å²) in [6.45, 7) is 6.64. The standard InChI is InChI=1S/C38H50N4O6/c1-24-15-33(39-38(45)32-19-40(3)34-9-7-6-8-31(32)34)25(2)14-27(24)16-37(44)42-18-28(41-20-35(46-4)36(21-41)47-5)17-29(42)23-48-30-12-10-26(22-43)11-13-30/h6-9,14-15,19,22,26,28-30,35-36H,10-13,16-18,20-21,23H2,1-5H3,(H,39,45)/t26?,28-,29-,30?,35+,36+/m0/s1. The number of aryl methyl sites for hydroxylation is 3. The summed E-state index contributed by atoms with van der Waals surface area (Å²) < 4.78 is 19.8. The highest BCUT2D eigenvalue weighted by molar-refractivity contribution is 6.13. The molecule has 0 spiro atoms. The molecule has 1 saturated carbocycles. The number of fused-ring (bicyclic) bond motifs is 1. The number of hydrogen-bond donors (Lipinski definition) is 1. The average Bonchev–Trinajstić information content (AvgIpc) is 3.81. The number of amides is 2. The Hall–Kier alpha value is -3.57. The molecule has 3 aliphatic rings. The number of nitrogens with one attached hydrogen (secondary N) is 1. The third-order valence-electron chi connectivity index (χ3n) is 10.9. The average molecular weight is 659 g/mol. The molecule has 1 N–H and O–H groups in total. The van der Waals surface area contributed by atoms with E-state index in [1.807, 2.05) is 73.0 Å². The lowest BCUT2D eigenvalue weighted by molar-refractivity contribution is -0.133. The van der Waals surface area contributed by atoms with E-state index in [4.69, 9.17) is 14.2 Å². The van der Waals surface area contributed by atoms with Crippen LogP contribution in [0.1, 0.15) is 59.2 Å². The SMILES string of the molecule is CO[C@@H]1CN([C@H]2C[C@@H](COC3CCC(C=O)CC3)N(C(=O)Cc3cc(C)c(NC(=O)c4cn(C)c5ccccc45)cc3C)C2)C[C@H]1OC. The number of aromatic nitrogens is 1. The third kappa shape index (κ3) is 7.22. The summed E-state index contributed by atoms with van der Waals surface area (Å²) in [7, 11) is 5.40. The molecule has 10 heteroatoms. The maximum Gasteiger partial charge on any atom is 0.257 e. The number of benzene rings is 2. The van der Waals surface area contributed by atoms with E-state index in [0.717, 1.165) is 84.8 Å². The van der Waals surface area contributed by atoms with Gasteiger partial charge >= 0.3 is 0 Å². The molecular formula is C38H50N4O6. The highest BCUT2D eigenvalue weighted by Gasteiger charge is 2.43. The highest BCUT2D eigenvalue weighted by atomic mass is 16.5. The summed E-state index contributed by atoms with van der Waals surface area (Å²) in [5.74, 6) is 0.0645. The Morgan fingerprint density at radius 3 is 2.35 bits per heavy atom. The number of rotatable bonds is 11. The Balaban J connectivity index is 1.15. The first-order chi connectivity index (χ1) is 23.2. The lowest BCUT2D eigenvalue weighted by Gasteiger charge is -2.29. The van der Waals surface area contributed by atoms with Gasteiger partial charge in [-0.2, -0.15) is 0 Å². The van der Waals surface area contributed by atoms with Gasteiger partial charge in [-0.15, -0.1) is 0 Å². The van der Waals surface area contributed by atoms with E-state index in [2.05, 4.69) is 10.2 Å². The van der Waals surface area contributed by atoms with E-state index in [9.17, 15) is 14.4 Å². The second-order valence-electron chi connectivity index (χ2n) is 14.0. The van der Waals surface area contributed by atoms with Gasteiger partial charge in [0.05, 0.1) is 42.9 Å². The van der Waals surface area contributed by atoms with Crippen molar-refractivity contribution in [2.24, 2.45) is 13.0 Å². The maximum absolute atomic E-state index is 14.1. The van der Waals surface area contributed by atoms with Gasteiger partial charge in [0.2, 0.25) is 5.91 Å². The molecule has 2 aromatic carbocycles. The zero-order valence-corrected chi connectivity index (χ0v) is 28.9. The van der Waals surface area contributed by atoms with Crippen LogP contribution in [-0.4, -0.2) is 103 Å². The molecular weight excluding hydrogens is 608 g/mol. The molecule has 6 rings (SSSR count). The van der Waals surface area contributed by atoms with Crippen LogP contribution >= 0.6 is 0 Å². The van der Waals surface area contributed by atoms with Gasteiger partial charge in [-0.25, -0.2) is 0 Å². The van der Waals surface area contributed by atoms with Crippen LogP contribution in [0.15, 0.2) is 42.6 Å². The number of aldehydes is 1. The third-order valence-corrected chi connectivity index (χ3v) is 10.9. The van der Waals surface area contributed by atoms with Gasteiger partial charge in [-0.1, -0.05) is 24.3 Å². The lowest BCUT2D eigenvalue weighted by atomic mass is 9.88. The Labute approximate surface area is 283 Å². The van der Waals surface area contributed by atoms with Gasteiger partial charge in [-0.05, 0) is 74.8 Å². The van der Waals surface area contributed by atoms with Crippen molar-refractivity contribution >= 4 is 34.7 Å². The number of nitrogens with zero attached hydrogens (tertiary/aromatic N) is 3. The summed E-state index contributed by atoms with van der Waals surface area (Å²) in [4.78, 5) is 43.1. The second-order valence-corrected chi connectivity index (χ2v) is 14.0. The number of carbonyl (C=O) groups is 3. The molecule has 2 saturated heterocycles. The monoisotopic (exact) mass is 658 g/mol. The van der Waals surface area contributed by atoms with Crippen molar-refractivity contribution in [2.75, 3.05) is 45.8 Å². The zero-order chi connectivity index (χ0) is 33.9. The summed E-state index contributed by atoms with van der Waals surface area (Å²) >= 11 is 0. The van der Waals surface area contributed by atoms with Gasteiger partial charge in [0.15, 0.2) is 0 Å². The molecule has 258 valence electrons. The van der Waals surface area contributed by atoms with Crippen molar-refractivity contribution in [3.05, 3.63) is 64.8 Å². The van der Waals surface area contributed by atoms with Gasteiger partial charge < -0.3 is 33.8 Å². The number of likely N-dealkylation sites (tertiary alicyclic amines) is 2. The van der Waals surface area contributed by atoms with E-state index in [0.29, 0.717) is 18.7 Å². The van der Waals surface area contributed by atoms with Crippen molar-refractivity contribution in [3.63, 3.8) is 0 Å². The lowest BCUT2D eigenvalue weighted by Crippen LogP contribution is -2.41. The minimum Gasteiger partial charge on any atom is -0.377 e. The first kappa shape index (κ1) is 34.3. The first-order valence-electron chi connectivity index (χ1n) is 17.3. The summed E-state index contributed by atoms with van der Waals surface area (Å²) in [6, 6.07) is 12.0. The number of para-hydroxylation sites is 1. The largest absolute Gasteiger partial charge is 0.377 e. The molecule has 1 aliphatic carbocycles. The van der Waals surface area contributed by atoms with Crippen LogP contribution < -0.4 is 5.32 Å². The molecule has 2 amide bonds. The van der Waals surface area contributed by atoms with Gasteiger partial charge in [0.1, 0.15) is 6.29 Å². The van der Waals surface area contributed by atoms with Crippen molar-refractivity contribution in [2.45, 2.75) is 82.8 Å². The number of methoxy groups -OCH3 is 2. The van der Waals surface area contributed by atoms with Crippen molar-refractivity contribution < 1.29 is 28.6 Å². The van der Waals surface area contributed by atoms with Gasteiger partial charge in [-0.3, -0.25) is 14.5 Å². The molecule has 4 atom stereocenters. The highest BCUT2D eigenvalue weighted by Crippen LogP contribution is 2.31. The molecule has 1 aromatic heterocycles. The quantitative estimate of drug-likeness (QED) is 0.299. The minimum absolute atomic E-state index is 0.00713. The fraction of sp³-hybridized carbons (Fsp3) is 0.553. The summed E-state index contributed by atoms with van der Waals surface area (Å²) in [5, 5.41) is 4.03. The van der Waals surface area contributed by atoms with Crippen LogP contribution in [0.4, 0.5) is 5.69 Å². The minimum atomic E-state index is -0.156. The molecule has 2 aliphatic heterocycles. The fourth-order valence-electron chi connectivity index (χ4n) is 7.96. The zero-order valence-electron chi connectivity index (χ0n) is 28.9. The van der Waals surface area contributed by atoms with Crippen LogP contribution in [0.2, 0.25) is 0 Å². The molecule has 0 radical (unpaired) electrons. The number of hydrogen-bond acceptors (Lipinski definition) is 7. The van der Waals surface area contributed by atoms with Crippen LogP contribution in [0, 0.1) is 19.8 Å². The second kappa shape index (κ2) is 14.9. The Morgan fingerprint density at radius 1 is 0.958 bits per heavy atom. The van der Waals surface area contributed by atoms with Gasteiger partial charge in [0, 0.05) is 75.6 Å². The van der Waals surface area contributed by atoms with Crippen LogP contribution in [0.5, 0.6) is 0 Å². The van der Waals surface area contributed by atoms with Crippen LogP contribution in [0.3, 0.4) is 0 Å². The van der Waals surface area contributed by atoms with Gasteiger partial charge in [0.25, 0.3) is 5.91 Å². The van der Waals surface area contributed by atoms with E-state index in [1.54, 1.807) is 14.2 Å². The van der Waals surface area contributed by atoms with E-state index in [1.165, 1.54) is 0 Å². The van der Waals surface area contributed by atoms with Crippen molar-refractivity contribution in [3.8, 4) is 0 Å². The molecule has 3 heterocycles. The number of anilines is 1. The predicted octanol–water partition coefficient (Wildman–Crippen LogP) is 4.68. The smallest absolute Gasteiger partial charge is 0.257 e. The van der Waals surface area contributed by atoms with E-state index < -0.39 is 0 Å². The number of carbonyl (C=O) groups excluding carboxylic acids is 3. The topological polar surface area (TPSA) is 102 Å². The van der Waals surface area contributed by atoms with E-state index in [-0.39, 0.29) is 54.5 Å². The Morgan fingerprint density at radius 2 is 1.67 bits per heavy atom. The fourth-order valence-corrected chi connectivity index (χ4v) is 7.96. The Kier molecular flexibility index (Phi) is 10.6. The molecule has 3 aromatic rings. The molecule has 0 unspecified atom stereocenters. The van der Waals surface area contributed by atoms with Crippen molar-refractivity contribution in [1.82, 2.24) is 14.4 Å². The normalized spacial score (nSPS) is 26.3. The Bertz CT molecular complexity index is 1620. The van der Waals surface area contributed by atoms with Crippen LogP contribution in [-0.2, 0) is 37.3 Å². The summed E-state index contributed by atoms with van der Waals surface area (Å²) in [5.41, 5.74) is 5.20. The maximum atomic E-state index is 14.1. The van der Waals surface area contributed by atoms with Crippen LogP contribution in [0.25, 0.3) is 10.9 Å². The van der Waals surface area contributed by atoms with Crippen molar-refractivity contribution in [1.29, 1.82) is 0 Å². The first-order valence-corrected chi connectivity index (χ1v) is 17.3. The molecule has 10 nitrogen and oxygen atoms in total. The van der Waals surface area contributed by atoms with E-state index >= 15 is 0 Å². The predicted molar refractivity (Wildman–Crippen MR) is 185 cm³/mol. The molecule has 0 bridgehead atoms. The molecule has 48 heavy (non-hydrogen) atoms. The number of ether oxygens (including phenoxy) is 3. The molecule has 3 fully saturated rings. The summed E-state index contributed by atoms with van der Waals surface area (Å²) in [6.07, 6.45) is 7.68.